The van der Waals surface area contributed by atoms with Crippen LogP contribution in [-0.2, 0) is 0 Å². The molecule has 0 aliphatic heterocycles. The Bertz CT molecular complexity index is 618. The molecule has 0 unspecified atom stereocenters. The molecule has 3 rings (SSSR count). The molecule has 0 saturated heterocycles. The van der Waals surface area contributed by atoms with Crippen LogP contribution in [0.4, 0.5) is 0 Å². The first-order valence-electron chi connectivity index (χ1n) is 4.15. The molecule has 1 heterocycles. The van der Waals surface area contributed by atoms with Crippen LogP contribution in [-0.4, -0.2) is 9.59 Å². The van der Waals surface area contributed by atoms with E-state index in [2.05, 4.69) is 43.7 Å². The lowest BCUT2D eigenvalue weighted by Gasteiger charge is -1.99. The van der Waals surface area contributed by atoms with Gasteiger partial charge in [-0.05, 0) is 29.1 Å². The summed E-state index contributed by atoms with van der Waals surface area (Å²) in [5.74, 6) is 0. The minimum atomic E-state index is 0.986. The van der Waals surface area contributed by atoms with E-state index in [1.165, 1.54) is 16.9 Å². The Balaban J connectivity index is 2.67. The second-order valence-corrected chi connectivity index (χ2v) is 4.66. The van der Waals surface area contributed by atoms with E-state index in [1.807, 2.05) is 12.1 Å². The lowest BCUT2D eigenvalue weighted by molar-refractivity contribution is 1.20. The van der Waals surface area contributed by atoms with Gasteiger partial charge in [0, 0.05) is 9.86 Å². The van der Waals surface area contributed by atoms with Crippen LogP contribution in [0.2, 0.25) is 0 Å². The zero-order valence-corrected chi connectivity index (χ0v) is 9.47. The highest BCUT2D eigenvalue weighted by atomic mass is 79.9. The van der Waals surface area contributed by atoms with Crippen LogP contribution in [0.15, 0.2) is 34.8 Å². The van der Waals surface area contributed by atoms with Gasteiger partial charge in [0.25, 0.3) is 0 Å². The van der Waals surface area contributed by atoms with E-state index in [0.29, 0.717) is 0 Å². The van der Waals surface area contributed by atoms with Crippen LogP contribution in [0, 0.1) is 0 Å². The maximum atomic E-state index is 4.15. The molecule has 14 heavy (non-hydrogen) atoms. The summed E-state index contributed by atoms with van der Waals surface area (Å²) in [6.07, 6.45) is 0. The predicted octanol–water partition coefficient (Wildman–Crippen LogP) is 3.61. The van der Waals surface area contributed by atoms with Crippen LogP contribution in [0.1, 0.15) is 0 Å². The molecule has 0 atom stereocenters. The zero-order valence-electron chi connectivity index (χ0n) is 7.07. The van der Waals surface area contributed by atoms with Crippen LogP contribution in [0.25, 0.3) is 21.0 Å². The fraction of sp³-hybridized carbons (Fsp3) is 0. The third kappa shape index (κ3) is 1.07. The number of hydrogen-bond acceptors (Lipinski definition) is 3. The summed E-state index contributed by atoms with van der Waals surface area (Å²) in [7, 11) is 0. The summed E-state index contributed by atoms with van der Waals surface area (Å²) in [5, 5.41) is 6.49. The van der Waals surface area contributed by atoms with Crippen molar-refractivity contribution < 1.29 is 0 Å². The lowest BCUT2D eigenvalue weighted by Crippen LogP contribution is -1.77. The molecule has 2 nitrogen and oxygen atoms in total. The Morgan fingerprint density at radius 2 is 2.07 bits per heavy atom. The van der Waals surface area contributed by atoms with Gasteiger partial charge in [-0.2, -0.15) is 0 Å². The van der Waals surface area contributed by atoms with Crippen molar-refractivity contribution in [1.29, 1.82) is 0 Å². The number of hydrogen-bond donors (Lipinski definition) is 0. The molecule has 68 valence electrons. The molecule has 4 heteroatoms. The highest BCUT2D eigenvalue weighted by molar-refractivity contribution is 9.10. The third-order valence-electron chi connectivity index (χ3n) is 2.21. The van der Waals surface area contributed by atoms with Crippen molar-refractivity contribution in [2.75, 3.05) is 0 Å². The van der Waals surface area contributed by atoms with Crippen LogP contribution >= 0.6 is 27.5 Å². The minimum Gasteiger partial charge on any atom is -0.137 e. The smallest absolute Gasteiger partial charge is 0.114 e. The van der Waals surface area contributed by atoms with E-state index >= 15 is 0 Å². The summed E-state index contributed by atoms with van der Waals surface area (Å²) >= 11 is 4.97. The van der Waals surface area contributed by atoms with Gasteiger partial charge in [-0.15, -0.1) is 5.10 Å². The highest BCUT2D eigenvalue weighted by Crippen LogP contribution is 2.31. The van der Waals surface area contributed by atoms with E-state index in [9.17, 15) is 0 Å². The first kappa shape index (κ1) is 8.32. The summed E-state index contributed by atoms with van der Waals surface area (Å²) in [5.41, 5.74) is 0.986. The van der Waals surface area contributed by atoms with E-state index in [-0.39, 0.29) is 0 Å². The average Bonchev–Trinajstić information content (AvgIpc) is 2.65. The van der Waals surface area contributed by atoms with Crippen LogP contribution < -0.4 is 0 Å². The van der Waals surface area contributed by atoms with Gasteiger partial charge >= 0.3 is 0 Å². The van der Waals surface area contributed by atoms with E-state index in [1.54, 1.807) is 0 Å². The van der Waals surface area contributed by atoms with Crippen molar-refractivity contribution in [2.24, 2.45) is 0 Å². The second kappa shape index (κ2) is 3.00. The molecule has 0 bridgehead atoms. The topological polar surface area (TPSA) is 25.8 Å². The SMILES string of the molecule is Brc1cccc2ccc3snnc3c12. The van der Waals surface area contributed by atoms with Crippen molar-refractivity contribution in [3.8, 4) is 0 Å². The first-order chi connectivity index (χ1) is 6.86. The molecule has 0 radical (unpaired) electrons. The maximum absolute atomic E-state index is 4.15. The summed E-state index contributed by atoms with van der Waals surface area (Å²) in [6, 6.07) is 10.3. The van der Waals surface area contributed by atoms with E-state index in [4.69, 9.17) is 0 Å². The molecule has 3 aromatic rings. The molecular weight excluding hydrogens is 260 g/mol. The van der Waals surface area contributed by atoms with Gasteiger partial charge in [0.2, 0.25) is 0 Å². The summed E-state index contributed by atoms with van der Waals surface area (Å²) in [4.78, 5) is 0. The molecule has 1 aromatic heterocycles. The van der Waals surface area contributed by atoms with Gasteiger partial charge in [-0.25, -0.2) is 0 Å². The van der Waals surface area contributed by atoms with Gasteiger partial charge in [-0.1, -0.05) is 38.6 Å². The van der Waals surface area contributed by atoms with Crippen molar-refractivity contribution in [3.63, 3.8) is 0 Å². The molecule has 2 aromatic carbocycles. The standard InChI is InChI=1S/C10H5BrN2S/c11-7-3-1-2-6-4-5-8-10(9(6)7)12-13-14-8/h1-5H. The molecule has 0 aliphatic carbocycles. The number of fused-ring (bicyclic) bond motifs is 3. The molecule has 0 N–H and O–H groups in total. The van der Waals surface area contributed by atoms with Crippen molar-refractivity contribution in [3.05, 3.63) is 34.8 Å². The Labute approximate surface area is 92.9 Å². The van der Waals surface area contributed by atoms with E-state index < -0.39 is 0 Å². The molecule has 0 aliphatic rings. The Kier molecular flexibility index (Phi) is 1.78. The van der Waals surface area contributed by atoms with Gasteiger partial charge < -0.3 is 0 Å². The monoisotopic (exact) mass is 264 g/mol. The Morgan fingerprint density at radius 1 is 1.14 bits per heavy atom. The highest BCUT2D eigenvalue weighted by Gasteiger charge is 2.06. The average molecular weight is 265 g/mol. The fourth-order valence-electron chi connectivity index (χ4n) is 1.58. The fourth-order valence-corrected chi connectivity index (χ4v) is 2.71. The Morgan fingerprint density at radius 3 is 3.00 bits per heavy atom. The van der Waals surface area contributed by atoms with Gasteiger partial charge in [0.1, 0.15) is 5.52 Å². The quantitative estimate of drug-likeness (QED) is 0.620. The van der Waals surface area contributed by atoms with E-state index in [0.717, 1.165) is 20.1 Å². The molecule has 0 saturated carbocycles. The maximum Gasteiger partial charge on any atom is 0.114 e. The number of benzene rings is 2. The van der Waals surface area contributed by atoms with Crippen LogP contribution in [0.5, 0.6) is 0 Å². The summed E-state index contributed by atoms with van der Waals surface area (Å²) in [6.45, 7) is 0. The van der Waals surface area contributed by atoms with Crippen molar-refractivity contribution in [2.45, 2.75) is 0 Å². The van der Waals surface area contributed by atoms with Gasteiger partial charge in [0.15, 0.2) is 0 Å². The third-order valence-corrected chi connectivity index (χ3v) is 3.56. The second-order valence-electron chi connectivity index (χ2n) is 3.02. The Hall–Kier alpha value is -1.00. The normalized spacial score (nSPS) is 11.2. The molecule has 0 spiro atoms. The number of nitrogens with zero attached hydrogens (tertiary/aromatic N) is 2. The van der Waals surface area contributed by atoms with Crippen LogP contribution in [0.3, 0.4) is 0 Å². The number of halogens is 1. The molecule has 0 fully saturated rings. The van der Waals surface area contributed by atoms with Gasteiger partial charge in [-0.3, -0.25) is 0 Å². The zero-order chi connectivity index (χ0) is 9.54. The molecule has 0 amide bonds. The predicted molar refractivity (Wildman–Crippen MR) is 62.6 cm³/mol. The summed E-state index contributed by atoms with van der Waals surface area (Å²) < 4.78 is 6.17. The largest absolute Gasteiger partial charge is 0.137 e. The van der Waals surface area contributed by atoms with Crippen molar-refractivity contribution >= 4 is 48.5 Å². The first-order valence-corrected chi connectivity index (χ1v) is 5.72. The number of aromatic nitrogens is 2. The number of rotatable bonds is 0. The minimum absolute atomic E-state index is 0.986. The lowest BCUT2D eigenvalue weighted by atomic mass is 10.1. The van der Waals surface area contributed by atoms with Crippen molar-refractivity contribution in [1.82, 2.24) is 9.59 Å². The molecular formula is C10H5BrN2S. The van der Waals surface area contributed by atoms with Gasteiger partial charge in [0.05, 0.1) is 4.70 Å².